The lowest BCUT2D eigenvalue weighted by atomic mass is 9.82. The van der Waals surface area contributed by atoms with Crippen molar-refractivity contribution in [2.45, 2.75) is 97.4 Å². The van der Waals surface area contributed by atoms with E-state index in [0.717, 1.165) is 31.2 Å². The van der Waals surface area contributed by atoms with Gasteiger partial charge in [0.2, 0.25) is 5.79 Å². The first-order valence-corrected chi connectivity index (χ1v) is 11.2. The monoisotopic (exact) mass is 378 g/mol. The number of benzene rings is 1. The lowest BCUT2D eigenvalue weighted by Crippen LogP contribution is -2.49. The molecule has 0 amide bonds. The first-order chi connectivity index (χ1) is 13.2. The summed E-state index contributed by atoms with van der Waals surface area (Å²) < 4.78 is 12.4. The highest BCUT2D eigenvalue weighted by Crippen LogP contribution is 2.42. The van der Waals surface area contributed by atoms with Gasteiger partial charge >= 0.3 is 0 Å². The fourth-order valence-electron chi connectivity index (χ4n) is 4.04. The molecule has 0 aromatic heterocycles. The van der Waals surface area contributed by atoms with E-state index in [0.29, 0.717) is 13.2 Å². The Labute approximate surface area is 167 Å². The first-order valence-electron chi connectivity index (χ1n) is 11.2. The summed E-state index contributed by atoms with van der Waals surface area (Å²) in [4.78, 5) is 0. The zero-order valence-corrected chi connectivity index (χ0v) is 18.1. The second kappa shape index (κ2) is 14.1. The van der Waals surface area contributed by atoms with Crippen molar-refractivity contribution in [2.24, 2.45) is 5.92 Å². The Balaban J connectivity index is 2.96. The molecule has 0 aliphatic heterocycles. The van der Waals surface area contributed by atoms with Gasteiger partial charge in [0.05, 0.1) is 0 Å². The third-order valence-electron chi connectivity index (χ3n) is 5.35. The van der Waals surface area contributed by atoms with Gasteiger partial charge in [0.1, 0.15) is 6.10 Å². The van der Waals surface area contributed by atoms with Crippen LogP contribution in [0.15, 0.2) is 30.3 Å². The van der Waals surface area contributed by atoms with Crippen molar-refractivity contribution in [1.29, 1.82) is 0 Å². The fourth-order valence-corrected chi connectivity index (χ4v) is 4.04. The van der Waals surface area contributed by atoms with Gasteiger partial charge in [-0.05, 0) is 32.3 Å². The van der Waals surface area contributed by atoms with E-state index in [1.807, 2.05) is 44.2 Å². The molecule has 2 atom stereocenters. The van der Waals surface area contributed by atoms with E-state index in [-0.39, 0.29) is 5.92 Å². The normalized spacial score (nSPS) is 14.3. The summed E-state index contributed by atoms with van der Waals surface area (Å²) in [6.45, 7) is 9.48. The molecule has 156 valence electrons. The van der Waals surface area contributed by atoms with Crippen molar-refractivity contribution in [3.63, 3.8) is 0 Å². The van der Waals surface area contributed by atoms with E-state index in [4.69, 9.17) is 9.47 Å². The molecular weight excluding hydrogens is 336 g/mol. The Hall–Kier alpha value is -0.900. The quantitative estimate of drug-likeness (QED) is 0.258. The molecule has 0 fully saturated rings. The predicted octanol–water partition coefficient (Wildman–Crippen LogP) is 6.66. The maximum Gasteiger partial charge on any atom is 0.201 e. The van der Waals surface area contributed by atoms with Crippen LogP contribution < -0.4 is 0 Å². The molecule has 0 aliphatic carbocycles. The van der Waals surface area contributed by atoms with E-state index in [9.17, 15) is 5.11 Å². The Kier molecular flexibility index (Phi) is 12.6. The van der Waals surface area contributed by atoms with Gasteiger partial charge in [0.15, 0.2) is 0 Å². The van der Waals surface area contributed by atoms with Gasteiger partial charge in [-0.25, -0.2) is 0 Å². The summed E-state index contributed by atoms with van der Waals surface area (Å²) in [5.74, 6) is -0.784. The minimum Gasteiger partial charge on any atom is -0.383 e. The Bertz CT molecular complexity index is 454. The van der Waals surface area contributed by atoms with Crippen LogP contribution in [0.2, 0.25) is 0 Å². The summed E-state index contributed by atoms with van der Waals surface area (Å²) in [5, 5.41) is 11.3. The van der Waals surface area contributed by atoms with Gasteiger partial charge in [0, 0.05) is 19.1 Å². The maximum atomic E-state index is 11.3. The van der Waals surface area contributed by atoms with Gasteiger partial charge in [0.25, 0.3) is 0 Å². The molecule has 0 saturated carbocycles. The molecule has 0 heterocycles. The number of hydrogen-bond acceptors (Lipinski definition) is 3. The van der Waals surface area contributed by atoms with Crippen LogP contribution in [0.5, 0.6) is 0 Å². The Morgan fingerprint density at radius 2 is 1.37 bits per heavy atom. The van der Waals surface area contributed by atoms with Crippen LogP contribution in [0, 0.1) is 5.92 Å². The fraction of sp³-hybridized carbons (Fsp3) is 0.750. The topological polar surface area (TPSA) is 38.7 Å². The van der Waals surface area contributed by atoms with Gasteiger partial charge in [-0.15, -0.1) is 0 Å². The van der Waals surface area contributed by atoms with Gasteiger partial charge in [-0.1, -0.05) is 89.1 Å². The van der Waals surface area contributed by atoms with Crippen LogP contribution in [-0.2, 0) is 9.47 Å². The number of ether oxygens (including phenoxy) is 2. The average molecular weight is 379 g/mol. The highest BCUT2D eigenvalue weighted by atomic mass is 16.7. The second-order valence-corrected chi connectivity index (χ2v) is 7.44. The van der Waals surface area contributed by atoms with E-state index in [1.54, 1.807) is 0 Å². The van der Waals surface area contributed by atoms with Crippen molar-refractivity contribution >= 4 is 0 Å². The minimum atomic E-state index is -0.968. The largest absolute Gasteiger partial charge is 0.383 e. The van der Waals surface area contributed by atoms with Gasteiger partial charge in [-0.3, -0.25) is 0 Å². The number of hydrogen-bond donors (Lipinski definition) is 1. The van der Waals surface area contributed by atoms with Crippen LogP contribution in [0.4, 0.5) is 0 Å². The third kappa shape index (κ3) is 7.56. The third-order valence-corrected chi connectivity index (χ3v) is 5.35. The molecular formula is C24H42O3. The van der Waals surface area contributed by atoms with E-state index in [1.165, 1.54) is 32.1 Å². The van der Waals surface area contributed by atoms with E-state index >= 15 is 0 Å². The standard InChI is InChI=1S/C24H42O3/c1-5-9-10-11-12-16-20-22(17-6-2)24(26-7-3,27-8-4)23(25)21-18-14-13-15-19-21/h13-15,18-19,22-23,25H,5-12,16-17,20H2,1-4H3. The lowest BCUT2D eigenvalue weighted by molar-refractivity contribution is -0.312. The van der Waals surface area contributed by atoms with Crippen LogP contribution in [0.25, 0.3) is 0 Å². The van der Waals surface area contributed by atoms with Crippen molar-refractivity contribution in [3.8, 4) is 0 Å². The minimum absolute atomic E-state index is 0.184. The summed E-state index contributed by atoms with van der Waals surface area (Å²) in [6.07, 6.45) is 9.94. The molecule has 27 heavy (non-hydrogen) atoms. The molecule has 1 aromatic rings. The summed E-state index contributed by atoms with van der Waals surface area (Å²) in [5.41, 5.74) is 0.864. The van der Waals surface area contributed by atoms with Crippen LogP contribution in [-0.4, -0.2) is 24.1 Å². The summed E-state index contributed by atoms with van der Waals surface area (Å²) >= 11 is 0. The smallest absolute Gasteiger partial charge is 0.201 e. The van der Waals surface area contributed by atoms with Crippen LogP contribution in [0.3, 0.4) is 0 Å². The molecule has 0 saturated heterocycles. The molecule has 1 N–H and O–H groups in total. The maximum absolute atomic E-state index is 11.3. The molecule has 3 heteroatoms. The first kappa shape index (κ1) is 24.1. The highest BCUT2D eigenvalue weighted by Gasteiger charge is 2.47. The molecule has 0 aliphatic rings. The zero-order chi connectivity index (χ0) is 20.0. The SMILES string of the molecule is CCCCCCCCC(CCC)C(OCC)(OCC)C(O)c1ccccc1. The number of aliphatic hydroxyl groups excluding tert-OH is 1. The molecule has 1 rings (SSSR count). The number of unbranched alkanes of at least 4 members (excludes halogenated alkanes) is 5. The molecule has 2 unspecified atom stereocenters. The second-order valence-electron chi connectivity index (χ2n) is 7.44. The molecule has 0 radical (unpaired) electrons. The average Bonchev–Trinajstić information content (AvgIpc) is 2.69. The van der Waals surface area contributed by atoms with E-state index in [2.05, 4.69) is 13.8 Å². The number of aliphatic hydroxyl groups is 1. The summed E-state index contributed by atoms with van der Waals surface area (Å²) in [6, 6.07) is 9.82. The molecule has 0 spiro atoms. The molecule has 0 bridgehead atoms. The summed E-state index contributed by atoms with van der Waals surface area (Å²) in [7, 11) is 0. The van der Waals surface area contributed by atoms with Crippen molar-refractivity contribution < 1.29 is 14.6 Å². The van der Waals surface area contributed by atoms with Crippen LogP contribution >= 0.6 is 0 Å². The molecule has 1 aromatic carbocycles. The highest BCUT2D eigenvalue weighted by molar-refractivity contribution is 5.20. The van der Waals surface area contributed by atoms with Crippen molar-refractivity contribution in [3.05, 3.63) is 35.9 Å². The predicted molar refractivity (Wildman–Crippen MR) is 114 cm³/mol. The molecule has 3 nitrogen and oxygen atoms in total. The van der Waals surface area contributed by atoms with Gasteiger partial charge < -0.3 is 14.6 Å². The van der Waals surface area contributed by atoms with Crippen molar-refractivity contribution in [2.75, 3.05) is 13.2 Å². The van der Waals surface area contributed by atoms with Gasteiger partial charge in [-0.2, -0.15) is 0 Å². The van der Waals surface area contributed by atoms with Crippen LogP contribution in [0.1, 0.15) is 97.1 Å². The van der Waals surface area contributed by atoms with Crippen molar-refractivity contribution in [1.82, 2.24) is 0 Å². The number of rotatable bonds is 16. The Morgan fingerprint density at radius 3 is 1.93 bits per heavy atom. The Morgan fingerprint density at radius 1 is 0.778 bits per heavy atom. The zero-order valence-electron chi connectivity index (χ0n) is 18.1. The van der Waals surface area contributed by atoms with E-state index < -0.39 is 11.9 Å². The lowest BCUT2D eigenvalue weighted by Gasteiger charge is -2.43.